The number of benzene rings is 3. The summed E-state index contributed by atoms with van der Waals surface area (Å²) in [5.41, 5.74) is 2.32. The molecule has 1 aromatic heterocycles. The number of anilines is 2. The minimum Gasteiger partial charge on any atom is -0.368 e. The van der Waals surface area contributed by atoms with Crippen LogP contribution in [0.25, 0.3) is 10.8 Å². The van der Waals surface area contributed by atoms with E-state index in [9.17, 15) is 13.2 Å². The second kappa shape index (κ2) is 8.73. The fourth-order valence-electron chi connectivity index (χ4n) is 4.34. The maximum atomic E-state index is 12.8. The molecule has 1 fully saturated rings. The Morgan fingerprint density at radius 2 is 1.27 bits per heavy atom. The molecular weight excluding hydrogens is 425 g/mol. The molecule has 0 aliphatic carbocycles. The molecule has 1 aliphatic heterocycles. The summed E-state index contributed by atoms with van der Waals surface area (Å²) >= 11 is 0. The highest BCUT2D eigenvalue weighted by atomic mass is 19.4. The topological polar surface area (TPSA) is 32.3 Å². The standard InChI is InChI=1S/C26H23F3N4/c27-26(28,29)20-10-12-21(13-11-20)32-14-16-33(17-15-32)25-23-9-5-4-8-22(23)24(30-31-25)18-19-6-2-1-3-7-19/h1-13H,14-18H2. The smallest absolute Gasteiger partial charge is 0.368 e. The van der Waals surface area contributed by atoms with Crippen LogP contribution < -0.4 is 9.80 Å². The molecule has 5 rings (SSSR count). The highest BCUT2D eigenvalue weighted by molar-refractivity contribution is 5.93. The van der Waals surface area contributed by atoms with Gasteiger partial charge in [0.1, 0.15) is 0 Å². The first-order chi connectivity index (χ1) is 16.0. The van der Waals surface area contributed by atoms with Gasteiger partial charge in [0.25, 0.3) is 0 Å². The molecular formula is C26H23F3N4. The monoisotopic (exact) mass is 448 g/mol. The molecule has 3 aromatic carbocycles. The summed E-state index contributed by atoms with van der Waals surface area (Å²) in [6.07, 6.45) is -3.60. The highest BCUT2D eigenvalue weighted by Gasteiger charge is 2.30. The van der Waals surface area contributed by atoms with Crippen molar-refractivity contribution in [2.24, 2.45) is 0 Å². The van der Waals surface area contributed by atoms with Crippen LogP contribution in [-0.4, -0.2) is 36.4 Å². The van der Waals surface area contributed by atoms with Gasteiger partial charge in [0, 0.05) is 49.1 Å². The lowest BCUT2D eigenvalue weighted by Gasteiger charge is -2.37. The molecule has 0 saturated carbocycles. The number of fused-ring (bicyclic) bond motifs is 1. The van der Waals surface area contributed by atoms with Crippen molar-refractivity contribution in [3.05, 3.63) is 95.7 Å². The molecule has 33 heavy (non-hydrogen) atoms. The van der Waals surface area contributed by atoms with Crippen molar-refractivity contribution in [2.45, 2.75) is 12.6 Å². The third kappa shape index (κ3) is 4.49. The van der Waals surface area contributed by atoms with Crippen LogP contribution in [0.3, 0.4) is 0 Å². The minimum absolute atomic E-state index is 0.623. The Hall–Kier alpha value is -3.61. The van der Waals surface area contributed by atoms with Crippen molar-refractivity contribution in [3.8, 4) is 0 Å². The van der Waals surface area contributed by atoms with Gasteiger partial charge in [0.05, 0.1) is 11.3 Å². The van der Waals surface area contributed by atoms with E-state index in [1.54, 1.807) is 12.1 Å². The van der Waals surface area contributed by atoms with E-state index in [0.717, 1.165) is 59.6 Å². The zero-order valence-corrected chi connectivity index (χ0v) is 18.0. The number of halogens is 3. The number of hydrogen-bond acceptors (Lipinski definition) is 4. The van der Waals surface area contributed by atoms with E-state index in [1.807, 2.05) is 30.3 Å². The van der Waals surface area contributed by atoms with Crippen LogP contribution in [0, 0.1) is 0 Å². The molecule has 0 unspecified atom stereocenters. The highest BCUT2D eigenvalue weighted by Crippen LogP contribution is 2.32. The van der Waals surface area contributed by atoms with E-state index < -0.39 is 11.7 Å². The molecule has 0 N–H and O–H groups in total. The Morgan fingerprint density at radius 1 is 0.667 bits per heavy atom. The fourth-order valence-corrected chi connectivity index (χ4v) is 4.34. The van der Waals surface area contributed by atoms with Gasteiger partial charge >= 0.3 is 6.18 Å². The predicted molar refractivity (Wildman–Crippen MR) is 125 cm³/mol. The molecule has 1 saturated heterocycles. The van der Waals surface area contributed by atoms with Crippen molar-refractivity contribution in [3.63, 3.8) is 0 Å². The average Bonchev–Trinajstić information content (AvgIpc) is 2.85. The van der Waals surface area contributed by atoms with Crippen LogP contribution in [0.15, 0.2) is 78.9 Å². The third-order valence-electron chi connectivity index (χ3n) is 6.10. The van der Waals surface area contributed by atoms with Crippen molar-refractivity contribution in [1.82, 2.24) is 10.2 Å². The Bertz CT molecular complexity index is 1230. The first kappa shape index (κ1) is 21.2. The summed E-state index contributed by atoms with van der Waals surface area (Å²) in [7, 11) is 0. The quantitative estimate of drug-likeness (QED) is 0.409. The number of rotatable bonds is 4. The van der Waals surface area contributed by atoms with Gasteiger partial charge in [-0.3, -0.25) is 0 Å². The lowest BCUT2D eigenvalue weighted by atomic mass is 10.0. The van der Waals surface area contributed by atoms with Gasteiger partial charge in [-0.15, -0.1) is 5.10 Å². The third-order valence-corrected chi connectivity index (χ3v) is 6.10. The van der Waals surface area contributed by atoms with Crippen molar-refractivity contribution < 1.29 is 13.2 Å². The molecule has 0 amide bonds. The van der Waals surface area contributed by atoms with Gasteiger partial charge in [-0.05, 0) is 29.8 Å². The van der Waals surface area contributed by atoms with E-state index in [4.69, 9.17) is 0 Å². The maximum absolute atomic E-state index is 12.8. The summed E-state index contributed by atoms with van der Waals surface area (Å²) in [5.74, 6) is 0.856. The number of nitrogens with zero attached hydrogens (tertiary/aromatic N) is 4. The second-order valence-electron chi connectivity index (χ2n) is 8.20. The van der Waals surface area contributed by atoms with E-state index in [-0.39, 0.29) is 0 Å². The molecule has 0 spiro atoms. The van der Waals surface area contributed by atoms with Gasteiger partial charge in [-0.1, -0.05) is 54.6 Å². The molecule has 7 heteroatoms. The van der Waals surface area contributed by atoms with E-state index in [0.29, 0.717) is 13.1 Å². The summed E-state index contributed by atoms with van der Waals surface area (Å²) in [6, 6.07) is 23.8. The predicted octanol–water partition coefficient (Wildman–Crippen LogP) is 5.57. The number of piperazine rings is 1. The van der Waals surface area contributed by atoms with Crippen LogP contribution in [0.4, 0.5) is 24.7 Å². The Kier molecular flexibility index (Phi) is 5.62. The normalized spacial score (nSPS) is 14.6. The largest absolute Gasteiger partial charge is 0.416 e. The summed E-state index contributed by atoms with van der Waals surface area (Å²) in [6.45, 7) is 2.84. The van der Waals surface area contributed by atoms with Gasteiger partial charge < -0.3 is 9.80 Å². The molecule has 1 aliphatic rings. The number of aromatic nitrogens is 2. The van der Waals surface area contributed by atoms with Crippen LogP contribution in [0.2, 0.25) is 0 Å². The molecule has 4 nitrogen and oxygen atoms in total. The number of hydrogen-bond donors (Lipinski definition) is 0. The van der Waals surface area contributed by atoms with Crippen molar-refractivity contribution >= 4 is 22.3 Å². The van der Waals surface area contributed by atoms with Crippen molar-refractivity contribution in [2.75, 3.05) is 36.0 Å². The van der Waals surface area contributed by atoms with Gasteiger partial charge in [0.2, 0.25) is 0 Å². The Labute approximate surface area is 190 Å². The van der Waals surface area contributed by atoms with Crippen LogP contribution in [0.1, 0.15) is 16.8 Å². The van der Waals surface area contributed by atoms with Gasteiger partial charge in [-0.2, -0.15) is 18.3 Å². The second-order valence-corrected chi connectivity index (χ2v) is 8.20. The van der Waals surface area contributed by atoms with Gasteiger partial charge in [-0.25, -0.2) is 0 Å². The van der Waals surface area contributed by atoms with Crippen molar-refractivity contribution in [1.29, 1.82) is 0 Å². The van der Waals surface area contributed by atoms with Crippen LogP contribution >= 0.6 is 0 Å². The average molecular weight is 448 g/mol. The summed E-state index contributed by atoms with van der Waals surface area (Å²) in [5, 5.41) is 11.3. The van der Waals surface area contributed by atoms with Crippen LogP contribution in [-0.2, 0) is 12.6 Å². The fraction of sp³-hybridized carbons (Fsp3) is 0.231. The Balaban J connectivity index is 1.34. The van der Waals surface area contributed by atoms with E-state index >= 15 is 0 Å². The maximum Gasteiger partial charge on any atom is 0.416 e. The molecule has 0 bridgehead atoms. The first-order valence-corrected chi connectivity index (χ1v) is 10.9. The Morgan fingerprint density at radius 3 is 1.94 bits per heavy atom. The zero-order valence-electron chi connectivity index (χ0n) is 18.0. The number of alkyl halides is 3. The van der Waals surface area contributed by atoms with Crippen LogP contribution in [0.5, 0.6) is 0 Å². The summed E-state index contributed by atoms with van der Waals surface area (Å²) in [4.78, 5) is 4.32. The molecule has 168 valence electrons. The lowest BCUT2D eigenvalue weighted by Crippen LogP contribution is -2.47. The first-order valence-electron chi connectivity index (χ1n) is 10.9. The SMILES string of the molecule is FC(F)(F)c1ccc(N2CCN(c3nnc(Cc4ccccc4)c4ccccc34)CC2)cc1. The summed E-state index contributed by atoms with van der Waals surface area (Å²) < 4.78 is 38.5. The molecule has 2 heterocycles. The zero-order chi connectivity index (χ0) is 22.8. The molecule has 0 radical (unpaired) electrons. The van der Waals surface area contributed by atoms with Gasteiger partial charge in [0.15, 0.2) is 5.82 Å². The van der Waals surface area contributed by atoms with E-state index in [2.05, 4.69) is 44.3 Å². The van der Waals surface area contributed by atoms with E-state index in [1.165, 1.54) is 5.56 Å². The minimum atomic E-state index is -4.32. The lowest BCUT2D eigenvalue weighted by molar-refractivity contribution is -0.137. The molecule has 4 aromatic rings. The molecule has 0 atom stereocenters.